The molecule has 0 bridgehead atoms. The summed E-state index contributed by atoms with van der Waals surface area (Å²) in [6.45, 7) is 2.14. The Bertz CT molecular complexity index is 865. The van der Waals surface area contributed by atoms with Gasteiger partial charge < -0.3 is 0 Å². The number of H-pyrrole nitrogens is 1. The van der Waals surface area contributed by atoms with Crippen LogP contribution < -0.4 is 11.2 Å². The zero-order valence-electron chi connectivity index (χ0n) is 13.2. The highest BCUT2D eigenvalue weighted by atomic mass is 32.2. The van der Waals surface area contributed by atoms with Gasteiger partial charge in [-0.3, -0.25) is 14.3 Å². The lowest BCUT2D eigenvalue weighted by Crippen LogP contribution is -2.31. The minimum atomic E-state index is -0.358. The third-order valence-corrected chi connectivity index (χ3v) is 5.42. The summed E-state index contributed by atoms with van der Waals surface area (Å²) in [5.74, 6) is 2.12. The number of rotatable bonds is 6. The third kappa shape index (κ3) is 2.82. The van der Waals surface area contributed by atoms with Gasteiger partial charge in [0.2, 0.25) is 0 Å². The first-order chi connectivity index (χ1) is 11.2. The molecule has 0 spiro atoms. The van der Waals surface area contributed by atoms with Crippen LogP contribution in [0.4, 0.5) is 0 Å². The van der Waals surface area contributed by atoms with E-state index >= 15 is 0 Å². The Labute approximate surface area is 137 Å². The van der Waals surface area contributed by atoms with Crippen molar-refractivity contribution in [1.29, 1.82) is 0 Å². The van der Waals surface area contributed by atoms with Gasteiger partial charge >= 0.3 is 5.69 Å². The molecule has 122 valence electrons. The molecule has 0 saturated heterocycles. The number of fused-ring (bicyclic) bond motifs is 1. The molecule has 0 aliphatic heterocycles. The fourth-order valence-corrected chi connectivity index (χ4v) is 3.86. The van der Waals surface area contributed by atoms with Gasteiger partial charge in [-0.15, -0.1) is 11.8 Å². The van der Waals surface area contributed by atoms with Crippen LogP contribution in [0, 0.1) is 0 Å². The zero-order chi connectivity index (χ0) is 16.0. The van der Waals surface area contributed by atoms with Crippen molar-refractivity contribution in [2.75, 3.05) is 5.75 Å². The molecule has 23 heavy (non-hydrogen) atoms. The first-order valence-electron chi connectivity index (χ1n) is 8.38. The van der Waals surface area contributed by atoms with Crippen molar-refractivity contribution in [2.24, 2.45) is 0 Å². The number of aromatic nitrogens is 4. The second-order valence-corrected chi connectivity index (χ2v) is 7.51. The van der Waals surface area contributed by atoms with E-state index in [0.29, 0.717) is 17.0 Å². The van der Waals surface area contributed by atoms with Crippen LogP contribution in [0.3, 0.4) is 0 Å². The average Bonchev–Trinajstić information content (AvgIpc) is 3.38. The number of hydrogen-bond donors (Lipinski definition) is 1. The summed E-state index contributed by atoms with van der Waals surface area (Å²) in [6, 6.07) is 0.178. The molecule has 4 rings (SSSR count). The van der Waals surface area contributed by atoms with E-state index in [2.05, 4.69) is 21.9 Å². The summed E-state index contributed by atoms with van der Waals surface area (Å²) in [4.78, 5) is 36.4. The van der Waals surface area contributed by atoms with Gasteiger partial charge in [0.1, 0.15) is 16.2 Å². The largest absolute Gasteiger partial charge is 0.330 e. The Hall–Kier alpha value is -1.63. The van der Waals surface area contributed by atoms with E-state index in [1.165, 1.54) is 0 Å². The van der Waals surface area contributed by atoms with Crippen LogP contribution in [0.1, 0.15) is 63.2 Å². The van der Waals surface area contributed by atoms with Crippen molar-refractivity contribution in [1.82, 2.24) is 19.5 Å². The molecule has 0 amide bonds. The standard InChI is InChI=1S/C16H20N4O2S/c1-2-3-8-23-15-11-13(17-12(18-15)9-4-5-9)20(10-6-7-10)16(22)19-14(11)21/h9-10H,2-8H2,1H3,(H,19,21,22). The average molecular weight is 332 g/mol. The van der Waals surface area contributed by atoms with Gasteiger partial charge in [-0.05, 0) is 37.9 Å². The molecule has 2 fully saturated rings. The molecule has 2 aliphatic carbocycles. The number of thioether (sulfide) groups is 1. The highest BCUT2D eigenvalue weighted by molar-refractivity contribution is 7.99. The number of aromatic amines is 1. The summed E-state index contributed by atoms with van der Waals surface area (Å²) in [5, 5.41) is 1.23. The smallest absolute Gasteiger partial charge is 0.274 e. The van der Waals surface area contributed by atoms with Crippen LogP contribution in [-0.2, 0) is 0 Å². The molecule has 2 aliphatic rings. The molecule has 0 aromatic carbocycles. The lowest BCUT2D eigenvalue weighted by atomic mass is 10.3. The Morgan fingerprint density at radius 3 is 2.65 bits per heavy atom. The highest BCUT2D eigenvalue weighted by Crippen LogP contribution is 2.40. The monoisotopic (exact) mass is 332 g/mol. The fourth-order valence-electron chi connectivity index (χ4n) is 2.75. The maximum Gasteiger partial charge on any atom is 0.330 e. The molecule has 0 atom stereocenters. The molecule has 2 saturated carbocycles. The molecule has 0 unspecified atom stereocenters. The van der Waals surface area contributed by atoms with Gasteiger partial charge in [-0.2, -0.15) is 0 Å². The first kappa shape index (κ1) is 14.9. The number of nitrogens with one attached hydrogen (secondary N) is 1. The van der Waals surface area contributed by atoms with Crippen LogP contribution in [0.5, 0.6) is 0 Å². The van der Waals surface area contributed by atoms with Gasteiger partial charge in [0.25, 0.3) is 5.56 Å². The normalized spacial score (nSPS) is 17.8. The van der Waals surface area contributed by atoms with Crippen molar-refractivity contribution < 1.29 is 0 Å². The maximum absolute atomic E-state index is 12.4. The number of hydrogen-bond acceptors (Lipinski definition) is 5. The topological polar surface area (TPSA) is 80.6 Å². The van der Waals surface area contributed by atoms with Crippen LogP contribution in [0.2, 0.25) is 0 Å². The molecule has 2 aromatic heterocycles. The SMILES string of the molecule is CCCCSc1nc(C2CC2)nc2c1c(=O)[nH]c(=O)n2C1CC1. The number of unbranched alkanes of at least 4 members (excludes halogenated alkanes) is 1. The van der Waals surface area contributed by atoms with Crippen LogP contribution in [0.25, 0.3) is 11.0 Å². The summed E-state index contributed by atoms with van der Waals surface area (Å²) in [5.41, 5.74) is -0.157. The first-order valence-corrected chi connectivity index (χ1v) is 9.37. The third-order valence-electron chi connectivity index (χ3n) is 4.36. The molecule has 0 radical (unpaired) electrons. The Balaban J connectivity index is 1.93. The van der Waals surface area contributed by atoms with Crippen LogP contribution in [0.15, 0.2) is 14.6 Å². The number of nitrogens with zero attached hydrogens (tertiary/aromatic N) is 3. The molecule has 6 nitrogen and oxygen atoms in total. The van der Waals surface area contributed by atoms with Crippen molar-refractivity contribution in [3.8, 4) is 0 Å². The van der Waals surface area contributed by atoms with E-state index in [4.69, 9.17) is 0 Å². The minimum absolute atomic E-state index is 0.178. The summed E-state index contributed by atoms with van der Waals surface area (Å²) in [7, 11) is 0. The van der Waals surface area contributed by atoms with E-state index in [9.17, 15) is 9.59 Å². The minimum Gasteiger partial charge on any atom is -0.274 e. The zero-order valence-corrected chi connectivity index (χ0v) is 14.0. The van der Waals surface area contributed by atoms with Gasteiger partial charge in [0, 0.05) is 12.0 Å². The molecule has 1 N–H and O–H groups in total. The Morgan fingerprint density at radius 2 is 2.00 bits per heavy atom. The van der Waals surface area contributed by atoms with E-state index in [1.807, 2.05) is 0 Å². The van der Waals surface area contributed by atoms with E-state index in [0.717, 1.165) is 55.1 Å². The summed E-state index contributed by atoms with van der Waals surface area (Å²) in [6.07, 6.45) is 6.33. The predicted molar refractivity (Wildman–Crippen MR) is 90.3 cm³/mol. The summed E-state index contributed by atoms with van der Waals surface area (Å²) >= 11 is 1.61. The molecule has 2 aromatic rings. The second kappa shape index (κ2) is 5.78. The Kier molecular flexibility index (Phi) is 3.75. The lowest BCUT2D eigenvalue weighted by Gasteiger charge is -2.11. The van der Waals surface area contributed by atoms with Crippen molar-refractivity contribution >= 4 is 22.8 Å². The molecular formula is C16H20N4O2S. The van der Waals surface area contributed by atoms with Crippen molar-refractivity contribution in [2.45, 2.75) is 62.4 Å². The quantitative estimate of drug-likeness (QED) is 0.499. The lowest BCUT2D eigenvalue weighted by molar-refractivity contribution is 0.691. The molecular weight excluding hydrogens is 312 g/mol. The predicted octanol–water partition coefficient (Wildman–Crippen LogP) is 2.58. The van der Waals surface area contributed by atoms with Crippen LogP contribution >= 0.6 is 11.8 Å². The van der Waals surface area contributed by atoms with Crippen molar-refractivity contribution in [3.05, 3.63) is 26.7 Å². The van der Waals surface area contributed by atoms with E-state index < -0.39 is 0 Å². The highest BCUT2D eigenvalue weighted by Gasteiger charge is 2.32. The fraction of sp³-hybridized carbons (Fsp3) is 0.625. The molecule has 7 heteroatoms. The van der Waals surface area contributed by atoms with Gasteiger partial charge in [-0.1, -0.05) is 13.3 Å². The van der Waals surface area contributed by atoms with Gasteiger partial charge in [0.15, 0.2) is 5.65 Å². The maximum atomic E-state index is 12.4. The second-order valence-electron chi connectivity index (χ2n) is 6.42. The van der Waals surface area contributed by atoms with Gasteiger partial charge in [-0.25, -0.2) is 14.8 Å². The molecule has 2 heterocycles. The van der Waals surface area contributed by atoms with E-state index in [1.54, 1.807) is 16.3 Å². The Morgan fingerprint density at radius 1 is 1.22 bits per heavy atom. The summed E-state index contributed by atoms with van der Waals surface area (Å²) < 4.78 is 1.67. The van der Waals surface area contributed by atoms with Crippen LogP contribution in [-0.4, -0.2) is 25.3 Å². The van der Waals surface area contributed by atoms with E-state index in [-0.39, 0.29) is 17.3 Å². The van der Waals surface area contributed by atoms with Crippen molar-refractivity contribution in [3.63, 3.8) is 0 Å². The van der Waals surface area contributed by atoms with Gasteiger partial charge in [0.05, 0.1) is 0 Å².